The Morgan fingerprint density at radius 3 is 2.72 bits per heavy atom. The molecular weight excluding hydrogens is 238 g/mol. The Hall–Kier alpha value is -1.18. The minimum absolute atomic E-state index is 0.0265. The highest BCUT2D eigenvalue weighted by Crippen LogP contribution is 2.00. The third kappa shape index (κ3) is 3.66. The van der Waals surface area contributed by atoms with Crippen LogP contribution in [-0.4, -0.2) is 75.4 Å². The quantitative estimate of drug-likeness (QED) is 0.608. The molecular formula is C11H19N3O4. The molecule has 2 rings (SSSR count). The number of hydrogen-bond donors (Lipinski definition) is 2. The van der Waals surface area contributed by atoms with Crippen molar-refractivity contribution in [2.45, 2.75) is 6.10 Å². The number of nitrogens with one attached hydrogen (secondary N) is 2. The summed E-state index contributed by atoms with van der Waals surface area (Å²) in [7, 11) is 0. The number of carbonyl (C=O) groups excluding carboxylic acids is 2. The molecule has 2 aliphatic rings. The number of amides is 2. The van der Waals surface area contributed by atoms with Crippen LogP contribution < -0.4 is 10.6 Å². The van der Waals surface area contributed by atoms with Gasteiger partial charge in [-0.15, -0.1) is 0 Å². The maximum atomic E-state index is 11.8. The van der Waals surface area contributed by atoms with Crippen molar-refractivity contribution in [2.75, 3.05) is 52.5 Å². The highest BCUT2D eigenvalue weighted by atomic mass is 16.6. The van der Waals surface area contributed by atoms with Crippen molar-refractivity contribution in [3.05, 3.63) is 0 Å². The molecule has 1 atom stereocenters. The number of piperazine rings is 1. The zero-order valence-corrected chi connectivity index (χ0v) is 10.3. The van der Waals surface area contributed by atoms with E-state index in [-0.39, 0.29) is 25.0 Å². The molecule has 2 fully saturated rings. The van der Waals surface area contributed by atoms with Gasteiger partial charge in [0.25, 0.3) is 5.91 Å². The molecule has 0 aliphatic carbocycles. The molecule has 0 aromatic heterocycles. The number of nitrogens with zero attached hydrogens (tertiary/aromatic N) is 1. The van der Waals surface area contributed by atoms with Crippen molar-refractivity contribution in [2.24, 2.45) is 0 Å². The van der Waals surface area contributed by atoms with E-state index in [0.29, 0.717) is 26.3 Å². The molecule has 0 saturated carbocycles. The SMILES string of the molecule is O=C(NCC(=O)N1CCNCC1)C1COCCO1. The van der Waals surface area contributed by atoms with Gasteiger partial charge in [-0.05, 0) is 0 Å². The molecule has 102 valence electrons. The van der Waals surface area contributed by atoms with Crippen LogP contribution in [0, 0.1) is 0 Å². The van der Waals surface area contributed by atoms with Crippen LogP contribution in [0.2, 0.25) is 0 Å². The molecule has 18 heavy (non-hydrogen) atoms. The van der Waals surface area contributed by atoms with Crippen LogP contribution in [0.5, 0.6) is 0 Å². The molecule has 1 unspecified atom stereocenters. The van der Waals surface area contributed by atoms with Crippen molar-refractivity contribution in [3.63, 3.8) is 0 Å². The summed E-state index contributed by atoms with van der Waals surface area (Å²) in [6.07, 6.45) is -0.588. The topological polar surface area (TPSA) is 79.9 Å². The largest absolute Gasteiger partial charge is 0.376 e. The normalized spacial score (nSPS) is 24.7. The summed E-state index contributed by atoms with van der Waals surface area (Å²) in [5.74, 6) is -0.334. The summed E-state index contributed by atoms with van der Waals surface area (Å²) in [6.45, 7) is 4.22. The molecule has 0 radical (unpaired) electrons. The van der Waals surface area contributed by atoms with Crippen molar-refractivity contribution in [1.82, 2.24) is 15.5 Å². The van der Waals surface area contributed by atoms with Crippen LogP contribution in [0.3, 0.4) is 0 Å². The standard InChI is InChI=1S/C11H19N3O4/c15-10(14-3-1-12-2-4-14)7-13-11(16)9-8-17-5-6-18-9/h9,12H,1-8H2,(H,13,16). The molecule has 2 aliphatic heterocycles. The second kappa shape index (κ2) is 6.67. The van der Waals surface area contributed by atoms with Gasteiger partial charge in [0, 0.05) is 26.2 Å². The Kier molecular flexibility index (Phi) is 4.91. The highest BCUT2D eigenvalue weighted by molar-refractivity contribution is 5.87. The molecule has 7 nitrogen and oxygen atoms in total. The molecule has 2 N–H and O–H groups in total. The van der Waals surface area contributed by atoms with E-state index in [9.17, 15) is 9.59 Å². The monoisotopic (exact) mass is 257 g/mol. The van der Waals surface area contributed by atoms with E-state index < -0.39 is 6.10 Å². The summed E-state index contributed by atoms with van der Waals surface area (Å²) < 4.78 is 10.4. The summed E-state index contributed by atoms with van der Waals surface area (Å²) in [4.78, 5) is 25.2. The number of rotatable bonds is 3. The van der Waals surface area contributed by atoms with E-state index in [1.165, 1.54) is 0 Å². The van der Waals surface area contributed by atoms with Gasteiger partial charge in [0.2, 0.25) is 5.91 Å². The van der Waals surface area contributed by atoms with Gasteiger partial charge in [-0.2, -0.15) is 0 Å². The lowest BCUT2D eigenvalue weighted by Gasteiger charge is -2.28. The van der Waals surface area contributed by atoms with E-state index in [1.54, 1.807) is 4.90 Å². The predicted octanol–water partition coefficient (Wildman–Crippen LogP) is -2.05. The zero-order chi connectivity index (χ0) is 12.8. The van der Waals surface area contributed by atoms with Crippen LogP contribution in [0.1, 0.15) is 0 Å². The molecule has 7 heteroatoms. The van der Waals surface area contributed by atoms with Gasteiger partial charge in [-0.25, -0.2) is 0 Å². The first kappa shape index (κ1) is 13.3. The predicted molar refractivity (Wildman–Crippen MR) is 63.0 cm³/mol. The number of ether oxygens (including phenoxy) is 2. The lowest BCUT2D eigenvalue weighted by atomic mass is 10.3. The second-order valence-corrected chi connectivity index (χ2v) is 4.28. The maximum absolute atomic E-state index is 11.8. The summed E-state index contributed by atoms with van der Waals surface area (Å²) >= 11 is 0. The van der Waals surface area contributed by atoms with Crippen LogP contribution in [0.4, 0.5) is 0 Å². The first-order chi connectivity index (χ1) is 8.77. The average Bonchev–Trinajstić information content (AvgIpc) is 2.46. The summed E-state index contributed by atoms with van der Waals surface area (Å²) in [5, 5.41) is 5.76. The van der Waals surface area contributed by atoms with E-state index in [0.717, 1.165) is 13.1 Å². The summed E-state index contributed by atoms with van der Waals surface area (Å²) in [5.41, 5.74) is 0. The second-order valence-electron chi connectivity index (χ2n) is 4.28. The summed E-state index contributed by atoms with van der Waals surface area (Å²) in [6, 6.07) is 0. The fraction of sp³-hybridized carbons (Fsp3) is 0.818. The van der Waals surface area contributed by atoms with Crippen molar-refractivity contribution in [3.8, 4) is 0 Å². The molecule has 0 aromatic carbocycles. The van der Waals surface area contributed by atoms with Gasteiger partial charge < -0.3 is 25.0 Å². The Morgan fingerprint density at radius 2 is 2.06 bits per heavy atom. The van der Waals surface area contributed by atoms with E-state index >= 15 is 0 Å². The van der Waals surface area contributed by atoms with E-state index in [2.05, 4.69) is 10.6 Å². The molecule has 0 bridgehead atoms. The van der Waals surface area contributed by atoms with Crippen molar-refractivity contribution < 1.29 is 19.1 Å². The highest BCUT2D eigenvalue weighted by Gasteiger charge is 2.24. The lowest BCUT2D eigenvalue weighted by Crippen LogP contribution is -2.51. The van der Waals surface area contributed by atoms with Crippen LogP contribution in [0.25, 0.3) is 0 Å². The van der Waals surface area contributed by atoms with Gasteiger partial charge in [-0.1, -0.05) is 0 Å². The Morgan fingerprint density at radius 1 is 1.28 bits per heavy atom. The van der Waals surface area contributed by atoms with Gasteiger partial charge in [0.15, 0.2) is 6.10 Å². The van der Waals surface area contributed by atoms with Crippen molar-refractivity contribution >= 4 is 11.8 Å². The Labute approximate surface area is 106 Å². The van der Waals surface area contributed by atoms with Gasteiger partial charge in [0.05, 0.1) is 26.4 Å². The Bertz CT molecular complexity index is 269. The maximum Gasteiger partial charge on any atom is 0.251 e. The minimum Gasteiger partial charge on any atom is -0.376 e. The van der Waals surface area contributed by atoms with Crippen LogP contribution in [0.15, 0.2) is 0 Å². The molecule has 0 aromatic rings. The molecule has 0 spiro atoms. The van der Waals surface area contributed by atoms with Gasteiger partial charge >= 0.3 is 0 Å². The fourth-order valence-electron chi connectivity index (χ4n) is 1.94. The first-order valence-electron chi connectivity index (χ1n) is 6.23. The van der Waals surface area contributed by atoms with E-state index in [1.807, 2.05) is 0 Å². The van der Waals surface area contributed by atoms with Crippen LogP contribution in [-0.2, 0) is 19.1 Å². The molecule has 2 heterocycles. The Balaban J connectivity index is 1.69. The smallest absolute Gasteiger partial charge is 0.251 e. The van der Waals surface area contributed by atoms with E-state index in [4.69, 9.17) is 9.47 Å². The first-order valence-corrected chi connectivity index (χ1v) is 6.23. The molecule has 2 saturated heterocycles. The lowest BCUT2D eigenvalue weighted by molar-refractivity contribution is -0.149. The third-order valence-corrected chi connectivity index (χ3v) is 2.99. The third-order valence-electron chi connectivity index (χ3n) is 2.99. The van der Waals surface area contributed by atoms with Crippen LogP contribution >= 0.6 is 0 Å². The molecule has 2 amide bonds. The number of carbonyl (C=O) groups is 2. The van der Waals surface area contributed by atoms with Crippen molar-refractivity contribution in [1.29, 1.82) is 0 Å². The average molecular weight is 257 g/mol. The fourth-order valence-corrected chi connectivity index (χ4v) is 1.94. The zero-order valence-electron chi connectivity index (χ0n) is 10.3. The van der Waals surface area contributed by atoms with Gasteiger partial charge in [0.1, 0.15) is 0 Å². The number of hydrogen-bond acceptors (Lipinski definition) is 5. The van der Waals surface area contributed by atoms with Gasteiger partial charge in [-0.3, -0.25) is 9.59 Å². The minimum atomic E-state index is -0.588.